The fraction of sp³-hybridized carbons (Fsp3) is 0.150. The van der Waals surface area contributed by atoms with Crippen molar-refractivity contribution < 1.29 is 34.4 Å². The molecule has 6 N–H and O–H groups in total. The Balaban J connectivity index is 2.16. The molecule has 9 nitrogen and oxygen atoms in total. The maximum absolute atomic E-state index is 12.6. The number of carboxylic acid groups (broad SMARTS) is 1. The maximum Gasteiger partial charge on any atom is 0.334 e. The largest absolute Gasteiger partial charge is 0.508 e. The van der Waals surface area contributed by atoms with Crippen molar-refractivity contribution >= 4 is 23.9 Å². The lowest BCUT2D eigenvalue weighted by molar-refractivity contribution is -0.139. The van der Waals surface area contributed by atoms with E-state index in [-0.39, 0.29) is 30.2 Å². The zero-order valence-electron chi connectivity index (χ0n) is 15.2. The van der Waals surface area contributed by atoms with E-state index in [1.165, 1.54) is 36.4 Å². The van der Waals surface area contributed by atoms with Crippen molar-refractivity contribution in [3.8, 4) is 17.2 Å². The van der Waals surface area contributed by atoms with Crippen molar-refractivity contribution in [3.05, 3.63) is 59.7 Å². The van der Waals surface area contributed by atoms with Gasteiger partial charge in [-0.1, -0.05) is 18.2 Å². The van der Waals surface area contributed by atoms with Crippen LogP contribution in [0.2, 0.25) is 0 Å². The molecule has 0 radical (unpaired) electrons. The molecule has 152 valence electrons. The van der Waals surface area contributed by atoms with Crippen LogP contribution >= 0.6 is 0 Å². The Kier molecular flexibility index (Phi) is 7.33. The van der Waals surface area contributed by atoms with Crippen molar-refractivity contribution in [1.82, 2.24) is 5.32 Å². The molecule has 2 aromatic carbocycles. The molecule has 1 amide bonds. The molecule has 0 aromatic heterocycles. The van der Waals surface area contributed by atoms with E-state index in [9.17, 15) is 24.6 Å². The van der Waals surface area contributed by atoms with E-state index in [4.69, 9.17) is 15.6 Å². The summed E-state index contributed by atoms with van der Waals surface area (Å²) in [6.07, 6.45) is 2.24. The Bertz CT molecular complexity index is 923. The van der Waals surface area contributed by atoms with Crippen LogP contribution in [0.3, 0.4) is 0 Å². The first-order chi connectivity index (χ1) is 13.8. The van der Waals surface area contributed by atoms with Gasteiger partial charge < -0.3 is 31.1 Å². The molecule has 0 aliphatic heterocycles. The SMILES string of the molecule is NCC(=O)N[C@@H](Cc1ccc(O)cc1)C(=O)Oc1ccc(C=CC(=O)O)cc1O. The molecular weight excluding hydrogens is 380 g/mol. The number of ether oxygens (including phenoxy) is 1. The second kappa shape index (κ2) is 9.90. The van der Waals surface area contributed by atoms with Gasteiger partial charge in [0.05, 0.1) is 6.54 Å². The highest BCUT2D eigenvalue weighted by molar-refractivity contribution is 5.87. The van der Waals surface area contributed by atoms with Gasteiger partial charge in [0.1, 0.15) is 11.8 Å². The zero-order valence-corrected chi connectivity index (χ0v) is 15.2. The third-order valence-corrected chi connectivity index (χ3v) is 3.79. The Morgan fingerprint density at radius 3 is 2.38 bits per heavy atom. The fourth-order valence-electron chi connectivity index (χ4n) is 2.39. The normalized spacial score (nSPS) is 11.8. The smallest absolute Gasteiger partial charge is 0.334 e. The third kappa shape index (κ3) is 6.67. The topological polar surface area (TPSA) is 159 Å². The number of hydrogen-bond donors (Lipinski definition) is 5. The van der Waals surface area contributed by atoms with Crippen LogP contribution in [-0.2, 0) is 20.8 Å². The molecule has 0 aliphatic rings. The monoisotopic (exact) mass is 400 g/mol. The van der Waals surface area contributed by atoms with Crippen molar-refractivity contribution in [2.45, 2.75) is 12.5 Å². The highest BCUT2D eigenvalue weighted by atomic mass is 16.5. The number of phenols is 2. The summed E-state index contributed by atoms with van der Waals surface area (Å²) in [5.41, 5.74) is 6.34. The van der Waals surface area contributed by atoms with Crippen LogP contribution in [0, 0.1) is 0 Å². The number of nitrogens with two attached hydrogens (primary N) is 1. The van der Waals surface area contributed by atoms with Crippen molar-refractivity contribution in [2.24, 2.45) is 5.73 Å². The number of aromatic hydroxyl groups is 2. The van der Waals surface area contributed by atoms with E-state index in [1.807, 2.05) is 0 Å². The maximum atomic E-state index is 12.6. The van der Waals surface area contributed by atoms with Crippen LogP contribution in [0.5, 0.6) is 17.2 Å². The molecule has 0 fully saturated rings. The lowest BCUT2D eigenvalue weighted by Gasteiger charge is -2.18. The molecular formula is C20H20N2O7. The number of nitrogens with one attached hydrogen (secondary N) is 1. The predicted molar refractivity (Wildman–Crippen MR) is 103 cm³/mol. The Hall–Kier alpha value is -3.85. The van der Waals surface area contributed by atoms with Crippen LogP contribution < -0.4 is 15.8 Å². The predicted octanol–water partition coefficient (Wildman–Crippen LogP) is 0.787. The number of esters is 1. The molecule has 0 unspecified atom stereocenters. The molecule has 0 saturated carbocycles. The number of phenolic OH excluding ortho intramolecular Hbond substituents is 2. The molecule has 0 aliphatic carbocycles. The average Bonchev–Trinajstić information content (AvgIpc) is 2.69. The minimum absolute atomic E-state index is 0.0563. The van der Waals surface area contributed by atoms with E-state index in [0.29, 0.717) is 11.1 Å². The van der Waals surface area contributed by atoms with E-state index in [2.05, 4.69) is 5.32 Å². The third-order valence-electron chi connectivity index (χ3n) is 3.79. The number of carboxylic acids is 1. The Labute approximate surface area is 166 Å². The first-order valence-electron chi connectivity index (χ1n) is 8.51. The van der Waals surface area contributed by atoms with Crippen LogP contribution in [0.25, 0.3) is 6.08 Å². The van der Waals surface area contributed by atoms with Crippen molar-refractivity contribution in [3.63, 3.8) is 0 Å². The van der Waals surface area contributed by atoms with Gasteiger partial charge in [-0.3, -0.25) is 4.79 Å². The number of amides is 1. The molecule has 29 heavy (non-hydrogen) atoms. The van der Waals surface area contributed by atoms with E-state index >= 15 is 0 Å². The van der Waals surface area contributed by atoms with Crippen LogP contribution in [0.15, 0.2) is 48.5 Å². The molecule has 2 rings (SSSR count). The first kappa shape index (κ1) is 21.5. The number of carbonyl (C=O) groups excluding carboxylic acids is 2. The van der Waals surface area contributed by atoms with Gasteiger partial charge in [0, 0.05) is 12.5 Å². The number of rotatable bonds is 8. The number of benzene rings is 2. The summed E-state index contributed by atoms with van der Waals surface area (Å²) < 4.78 is 5.19. The highest BCUT2D eigenvalue weighted by Gasteiger charge is 2.24. The quantitative estimate of drug-likeness (QED) is 0.247. The number of carbonyl (C=O) groups is 3. The molecule has 0 bridgehead atoms. The van der Waals surface area contributed by atoms with E-state index < -0.39 is 23.9 Å². The summed E-state index contributed by atoms with van der Waals surface area (Å²) >= 11 is 0. The van der Waals surface area contributed by atoms with Gasteiger partial charge in [0.25, 0.3) is 0 Å². The molecule has 0 heterocycles. The minimum atomic E-state index is -1.15. The molecule has 0 saturated heterocycles. The van der Waals surface area contributed by atoms with Gasteiger partial charge in [-0.05, 0) is 41.5 Å². The summed E-state index contributed by atoms with van der Waals surface area (Å²) in [4.78, 5) is 34.8. The van der Waals surface area contributed by atoms with Gasteiger partial charge in [-0.2, -0.15) is 0 Å². The van der Waals surface area contributed by atoms with Gasteiger partial charge in [0.2, 0.25) is 5.91 Å². The summed E-state index contributed by atoms with van der Waals surface area (Å²) in [5.74, 6) is -3.01. The van der Waals surface area contributed by atoms with Crippen LogP contribution in [0.4, 0.5) is 0 Å². The average molecular weight is 400 g/mol. The van der Waals surface area contributed by atoms with Crippen LogP contribution in [0.1, 0.15) is 11.1 Å². The summed E-state index contributed by atoms with van der Waals surface area (Å²) in [6.45, 7) is -0.324. The second-order valence-electron chi connectivity index (χ2n) is 6.01. The fourth-order valence-corrected chi connectivity index (χ4v) is 2.39. The van der Waals surface area contributed by atoms with Gasteiger partial charge >= 0.3 is 11.9 Å². The van der Waals surface area contributed by atoms with Gasteiger partial charge in [0.15, 0.2) is 11.5 Å². The summed E-state index contributed by atoms with van der Waals surface area (Å²) in [7, 11) is 0. The van der Waals surface area contributed by atoms with Gasteiger partial charge in [-0.25, -0.2) is 9.59 Å². The van der Waals surface area contributed by atoms with E-state index in [0.717, 1.165) is 6.08 Å². The molecule has 1 atom stereocenters. The van der Waals surface area contributed by atoms with Crippen molar-refractivity contribution in [2.75, 3.05) is 6.54 Å². The van der Waals surface area contributed by atoms with Crippen LogP contribution in [-0.4, -0.2) is 45.8 Å². The molecule has 0 spiro atoms. The zero-order chi connectivity index (χ0) is 21.4. The number of hydrogen-bond acceptors (Lipinski definition) is 7. The lowest BCUT2D eigenvalue weighted by Crippen LogP contribution is -2.46. The minimum Gasteiger partial charge on any atom is -0.508 e. The second-order valence-corrected chi connectivity index (χ2v) is 6.01. The van der Waals surface area contributed by atoms with Crippen molar-refractivity contribution in [1.29, 1.82) is 0 Å². The number of aliphatic carboxylic acids is 1. The van der Waals surface area contributed by atoms with Gasteiger partial charge in [-0.15, -0.1) is 0 Å². The Morgan fingerprint density at radius 2 is 1.79 bits per heavy atom. The standard InChI is InChI=1S/C20H20N2O7/c21-11-18(25)22-15(9-12-1-5-14(23)6-2-12)20(28)29-17-7-3-13(10-16(17)24)4-8-19(26)27/h1-8,10,15,23-24H,9,11,21H2,(H,22,25)(H,26,27)/t15-/m0/s1. The highest BCUT2D eigenvalue weighted by Crippen LogP contribution is 2.28. The molecule has 2 aromatic rings. The summed E-state index contributed by atoms with van der Waals surface area (Å²) in [5, 5.41) is 30.5. The van der Waals surface area contributed by atoms with E-state index in [1.54, 1.807) is 12.1 Å². The summed E-state index contributed by atoms with van der Waals surface area (Å²) in [6, 6.07) is 8.97. The lowest BCUT2D eigenvalue weighted by atomic mass is 10.1. The Morgan fingerprint density at radius 1 is 1.10 bits per heavy atom. The first-order valence-corrected chi connectivity index (χ1v) is 8.51. The molecule has 9 heteroatoms.